The van der Waals surface area contributed by atoms with Crippen LogP contribution in [0.5, 0.6) is 5.75 Å². The van der Waals surface area contributed by atoms with Gasteiger partial charge in [0, 0.05) is 40.8 Å². The smallest absolute Gasteiger partial charge is 0.347 e. The maximum absolute atomic E-state index is 12.4. The van der Waals surface area contributed by atoms with Crippen molar-refractivity contribution < 1.29 is 19.1 Å². The van der Waals surface area contributed by atoms with E-state index in [4.69, 9.17) is 9.15 Å². The quantitative estimate of drug-likeness (QED) is 0.467. The molecule has 4 aromatic rings. The number of anilines is 2. The van der Waals surface area contributed by atoms with Crippen molar-refractivity contribution in [2.75, 3.05) is 12.4 Å². The second-order valence-corrected chi connectivity index (χ2v) is 6.78. The van der Waals surface area contributed by atoms with Gasteiger partial charge >= 0.3 is 5.97 Å². The van der Waals surface area contributed by atoms with Crippen molar-refractivity contribution in [3.05, 3.63) is 71.7 Å². The number of fused-ring (bicyclic) bond motifs is 2. The van der Waals surface area contributed by atoms with E-state index in [1.54, 1.807) is 36.8 Å². The number of esters is 1. The fourth-order valence-corrected chi connectivity index (χ4v) is 3.38. The molecule has 31 heavy (non-hydrogen) atoms. The molecule has 0 atom stereocenters. The molecule has 4 heterocycles. The highest BCUT2D eigenvalue weighted by Crippen LogP contribution is 2.39. The van der Waals surface area contributed by atoms with E-state index >= 15 is 0 Å². The van der Waals surface area contributed by atoms with Crippen LogP contribution in [-0.4, -0.2) is 34.4 Å². The maximum Gasteiger partial charge on any atom is 0.347 e. The Morgan fingerprint density at radius 3 is 2.87 bits per heavy atom. The van der Waals surface area contributed by atoms with Gasteiger partial charge in [0.25, 0.3) is 0 Å². The number of ether oxygens (including phenoxy) is 1. The first-order chi connectivity index (χ1) is 15.1. The Hall–Kier alpha value is -4.46. The van der Waals surface area contributed by atoms with Crippen LogP contribution in [0.25, 0.3) is 22.6 Å². The van der Waals surface area contributed by atoms with Crippen molar-refractivity contribution in [3.63, 3.8) is 0 Å². The highest BCUT2D eigenvalue weighted by atomic mass is 16.5. The molecule has 0 amide bonds. The third-order valence-electron chi connectivity index (χ3n) is 4.87. The van der Waals surface area contributed by atoms with Crippen molar-refractivity contribution in [2.24, 2.45) is 4.99 Å². The van der Waals surface area contributed by atoms with Gasteiger partial charge in [-0.25, -0.2) is 14.8 Å². The fourth-order valence-electron chi connectivity index (χ4n) is 3.38. The lowest BCUT2D eigenvalue weighted by Gasteiger charge is -2.06. The monoisotopic (exact) mass is 412 g/mol. The minimum absolute atomic E-state index is 0.0702. The number of aromatic hydroxyl groups is 1. The Balaban J connectivity index is 1.56. The number of rotatable bonds is 4. The number of hydrogen-bond acceptors (Lipinski definition) is 8. The summed E-state index contributed by atoms with van der Waals surface area (Å²) in [5.74, 6) is -0.298. The fraction of sp³-hybridized carbons (Fsp3) is 0.0435. The second kappa shape index (κ2) is 7.42. The molecule has 1 aromatic carbocycles. The number of pyridine rings is 2. The van der Waals surface area contributed by atoms with E-state index < -0.39 is 5.97 Å². The molecule has 1 aliphatic heterocycles. The summed E-state index contributed by atoms with van der Waals surface area (Å²) < 4.78 is 10.7. The minimum atomic E-state index is -0.724. The zero-order chi connectivity index (χ0) is 21.4. The SMILES string of the molecule is COC(=O)c1c(Nc2ccc3ncccc3c2)oc(/C=C2\C=Nc3ncccc32)c1O. The van der Waals surface area contributed by atoms with Gasteiger partial charge in [-0.2, -0.15) is 0 Å². The third kappa shape index (κ3) is 3.29. The molecule has 0 aliphatic carbocycles. The molecule has 3 aromatic heterocycles. The molecule has 8 nitrogen and oxygen atoms in total. The Bertz CT molecular complexity index is 1390. The molecule has 152 valence electrons. The van der Waals surface area contributed by atoms with Crippen LogP contribution >= 0.6 is 0 Å². The topological polar surface area (TPSA) is 110 Å². The number of benzene rings is 1. The Morgan fingerprint density at radius 1 is 1.16 bits per heavy atom. The predicted molar refractivity (Wildman–Crippen MR) is 117 cm³/mol. The molecule has 0 saturated heterocycles. The van der Waals surface area contributed by atoms with E-state index in [1.165, 1.54) is 7.11 Å². The average Bonchev–Trinajstić information content (AvgIpc) is 3.34. The lowest BCUT2D eigenvalue weighted by molar-refractivity contribution is 0.0598. The summed E-state index contributed by atoms with van der Waals surface area (Å²) in [6, 6.07) is 12.9. The number of furan rings is 1. The van der Waals surface area contributed by atoms with Crippen molar-refractivity contribution in [2.45, 2.75) is 0 Å². The van der Waals surface area contributed by atoms with Crippen LogP contribution in [0.4, 0.5) is 17.4 Å². The van der Waals surface area contributed by atoms with Crippen LogP contribution in [0.3, 0.4) is 0 Å². The zero-order valence-corrected chi connectivity index (χ0v) is 16.4. The number of aliphatic imine (C=N–C) groups is 1. The highest BCUT2D eigenvalue weighted by molar-refractivity contribution is 6.21. The molecular formula is C23H16N4O4. The van der Waals surface area contributed by atoms with Gasteiger partial charge in [0.05, 0.1) is 12.6 Å². The lowest BCUT2D eigenvalue weighted by atomic mass is 10.1. The number of hydrogen-bond donors (Lipinski definition) is 2. The van der Waals surface area contributed by atoms with Gasteiger partial charge in [-0.15, -0.1) is 0 Å². The first-order valence-corrected chi connectivity index (χ1v) is 9.41. The van der Waals surface area contributed by atoms with Crippen molar-refractivity contribution >= 4 is 52.1 Å². The van der Waals surface area contributed by atoms with Gasteiger partial charge in [0.2, 0.25) is 5.88 Å². The first-order valence-electron chi connectivity index (χ1n) is 9.41. The second-order valence-electron chi connectivity index (χ2n) is 6.78. The van der Waals surface area contributed by atoms with Crippen LogP contribution in [0, 0.1) is 0 Å². The molecule has 2 N–H and O–H groups in total. The standard InChI is InChI=1S/C23H16N4O4/c1-30-23(29)19-20(28)18(11-14-12-26-21-16(14)5-3-9-25-21)31-22(19)27-15-6-7-17-13(10-15)4-2-8-24-17/h2-12,27-28H,1H3/b14-11+. The van der Waals surface area contributed by atoms with Crippen LogP contribution in [0.1, 0.15) is 21.7 Å². The highest BCUT2D eigenvalue weighted by Gasteiger charge is 2.27. The Kier molecular flexibility index (Phi) is 4.44. The average molecular weight is 412 g/mol. The van der Waals surface area contributed by atoms with Crippen LogP contribution in [-0.2, 0) is 4.74 Å². The van der Waals surface area contributed by atoms with E-state index in [9.17, 15) is 9.90 Å². The number of nitrogens with one attached hydrogen (secondary N) is 1. The molecule has 1 aliphatic rings. The van der Waals surface area contributed by atoms with E-state index in [-0.39, 0.29) is 23.0 Å². The number of carbonyl (C=O) groups is 1. The number of carbonyl (C=O) groups excluding carboxylic acids is 1. The molecule has 0 saturated carbocycles. The van der Waals surface area contributed by atoms with Crippen LogP contribution < -0.4 is 5.32 Å². The normalized spacial score (nSPS) is 13.5. The zero-order valence-electron chi connectivity index (χ0n) is 16.4. The van der Waals surface area contributed by atoms with E-state index in [2.05, 4.69) is 20.3 Å². The van der Waals surface area contributed by atoms with Crippen molar-refractivity contribution in [1.29, 1.82) is 0 Å². The van der Waals surface area contributed by atoms with Gasteiger partial charge in [0.15, 0.2) is 22.9 Å². The molecule has 8 heteroatoms. The molecule has 0 radical (unpaired) electrons. The van der Waals surface area contributed by atoms with E-state index in [0.29, 0.717) is 17.1 Å². The van der Waals surface area contributed by atoms with Gasteiger partial charge in [0.1, 0.15) is 0 Å². The molecule has 0 fully saturated rings. The third-order valence-corrected chi connectivity index (χ3v) is 4.87. The van der Waals surface area contributed by atoms with E-state index in [1.807, 2.05) is 30.3 Å². The van der Waals surface area contributed by atoms with E-state index in [0.717, 1.165) is 16.5 Å². The molecule has 0 spiro atoms. The van der Waals surface area contributed by atoms with Crippen molar-refractivity contribution in [1.82, 2.24) is 9.97 Å². The summed E-state index contributed by atoms with van der Waals surface area (Å²) in [6.45, 7) is 0. The molecule has 0 unspecified atom stereocenters. The van der Waals surface area contributed by atoms with Crippen LogP contribution in [0.15, 0.2) is 64.3 Å². The van der Waals surface area contributed by atoms with Crippen molar-refractivity contribution in [3.8, 4) is 5.75 Å². The molecule has 0 bridgehead atoms. The summed E-state index contributed by atoms with van der Waals surface area (Å²) in [5.41, 5.74) is 2.90. The van der Waals surface area contributed by atoms with Gasteiger partial charge in [-0.05, 0) is 42.5 Å². The Morgan fingerprint density at radius 2 is 2.00 bits per heavy atom. The largest absolute Gasteiger partial charge is 0.504 e. The summed E-state index contributed by atoms with van der Waals surface area (Å²) in [5, 5.41) is 14.7. The summed E-state index contributed by atoms with van der Waals surface area (Å²) in [6.07, 6.45) is 6.60. The maximum atomic E-state index is 12.4. The first kappa shape index (κ1) is 18.6. The van der Waals surface area contributed by atoms with Crippen LogP contribution in [0.2, 0.25) is 0 Å². The summed E-state index contributed by atoms with van der Waals surface area (Å²) in [7, 11) is 1.24. The summed E-state index contributed by atoms with van der Waals surface area (Å²) >= 11 is 0. The summed E-state index contributed by atoms with van der Waals surface area (Å²) in [4.78, 5) is 25.1. The molecule has 5 rings (SSSR count). The number of aromatic nitrogens is 2. The molecular weight excluding hydrogens is 396 g/mol. The Labute approximate surface area is 176 Å². The lowest BCUT2D eigenvalue weighted by Crippen LogP contribution is -2.03. The number of methoxy groups -OCH3 is 1. The number of allylic oxidation sites excluding steroid dienone is 1. The van der Waals surface area contributed by atoms with Gasteiger partial charge in [-0.1, -0.05) is 6.07 Å². The minimum Gasteiger partial charge on any atom is -0.504 e. The predicted octanol–water partition coefficient (Wildman–Crippen LogP) is 4.72. The van der Waals surface area contributed by atoms with Gasteiger partial charge in [-0.3, -0.25) is 4.98 Å². The van der Waals surface area contributed by atoms with Gasteiger partial charge < -0.3 is 19.6 Å². The number of nitrogens with zero attached hydrogens (tertiary/aromatic N) is 3.